The van der Waals surface area contributed by atoms with E-state index in [4.69, 9.17) is 24.3 Å². The van der Waals surface area contributed by atoms with Crippen molar-refractivity contribution >= 4 is 22.7 Å². The molecule has 2 unspecified atom stereocenters. The number of hydrogen-bond donors (Lipinski definition) is 0. The van der Waals surface area contributed by atoms with Crippen LogP contribution in [0.5, 0.6) is 11.8 Å². The lowest BCUT2D eigenvalue weighted by atomic mass is 10.1. The van der Waals surface area contributed by atoms with Gasteiger partial charge in [0.25, 0.3) is 0 Å². The molecule has 4 heterocycles. The fourth-order valence-electron chi connectivity index (χ4n) is 6.62. The molecular weight excluding hydrogens is 590 g/mol. The van der Waals surface area contributed by atoms with Crippen molar-refractivity contribution < 1.29 is 19.0 Å². The first-order valence-corrected chi connectivity index (χ1v) is 16.3. The summed E-state index contributed by atoms with van der Waals surface area (Å²) in [6.45, 7) is 8.09. The number of anilines is 1. The molecule has 47 heavy (non-hydrogen) atoms. The summed E-state index contributed by atoms with van der Waals surface area (Å²) in [6, 6.07) is 30.7. The van der Waals surface area contributed by atoms with Crippen LogP contribution < -0.4 is 14.4 Å². The maximum atomic E-state index is 13.0. The van der Waals surface area contributed by atoms with Crippen LogP contribution in [0, 0.1) is 0 Å². The van der Waals surface area contributed by atoms with Crippen LogP contribution in [0.25, 0.3) is 22.2 Å². The molecule has 9 heteroatoms. The van der Waals surface area contributed by atoms with Crippen LogP contribution in [-0.2, 0) is 25.0 Å². The molecule has 2 bridgehead atoms. The molecule has 0 saturated carbocycles. The maximum absolute atomic E-state index is 13.0. The number of aromatic nitrogens is 3. The Morgan fingerprint density at radius 1 is 0.830 bits per heavy atom. The number of benzene rings is 3. The van der Waals surface area contributed by atoms with Crippen molar-refractivity contribution in [2.45, 2.75) is 64.5 Å². The van der Waals surface area contributed by atoms with Gasteiger partial charge in [0, 0.05) is 37.3 Å². The summed E-state index contributed by atoms with van der Waals surface area (Å²) in [5.41, 5.74) is 5.34. The molecule has 0 radical (unpaired) electrons. The Labute approximate surface area is 275 Å². The molecule has 1 amide bonds. The number of carbonyl (C=O) groups is 1. The minimum atomic E-state index is -0.507. The summed E-state index contributed by atoms with van der Waals surface area (Å²) in [4.78, 5) is 22.2. The summed E-state index contributed by atoms with van der Waals surface area (Å²) in [5.74, 6) is 0.960. The Bertz CT molecular complexity index is 1850. The average molecular weight is 632 g/mol. The van der Waals surface area contributed by atoms with E-state index in [2.05, 4.69) is 23.1 Å². The van der Waals surface area contributed by atoms with E-state index in [1.807, 2.05) is 110 Å². The van der Waals surface area contributed by atoms with E-state index in [0.717, 1.165) is 64.9 Å². The Hall–Kier alpha value is -5.05. The predicted molar refractivity (Wildman–Crippen MR) is 183 cm³/mol. The first-order valence-electron chi connectivity index (χ1n) is 16.3. The number of fused-ring (bicyclic) bond motifs is 3. The zero-order valence-electron chi connectivity index (χ0n) is 27.4. The second kappa shape index (κ2) is 12.6. The quantitative estimate of drug-likeness (QED) is 0.177. The Morgan fingerprint density at radius 3 is 2.11 bits per heavy atom. The van der Waals surface area contributed by atoms with Gasteiger partial charge < -0.3 is 19.1 Å². The van der Waals surface area contributed by atoms with E-state index in [1.54, 1.807) is 0 Å². The lowest BCUT2D eigenvalue weighted by Gasteiger charge is -2.42. The standard InChI is InChI=1S/C38H41N5O4/c1-38(2,3)47-37(44)43-29-15-16-30(43)23-42(22-29)28-17-18-31-33(21-28)41(4)40-35(31)32-19-20-34(45-24-26-11-7-5-8-12-26)39-36(32)46-25-27-13-9-6-10-14-27/h5-14,17-21,29-30H,15-16,22-25H2,1-4H3. The van der Waals surface area contributed by atoms with E-state index < -0.39 is 5.60 Å². The second-order valence-corrected chi connectivity index (χ2v) is 13.4. The fourth-order valence-corrected chi connectivity index (χ4v) is 6.62. The van der Waals surface area contributed by atoms with Crippen LogP contribution in [-0.4, -0.2) is 56.5 Å². The SMILES string of the molecule is Cn1nc(-c2ccc(OCc3ccccc3)nc2OCc2ccccc2)c2ccc(N3CC4CCC(C3)N4C(=O)OC(C)(C)C)cc21. The molecular formula is C38H41N5O4. The number of aryl methyl sites for hydroxylation is 1. The summed E-state index contributed by atoms with van der Waals surface area (Å²) in [5, 5.41) is 5.97. The van der Waals surface area contributed by atoms with E-state index in [1.165, 1.54) is 0 Å². The summed E-state index contributed by atoms with van der Waals surface area (Å²) in [6.07, 6.45) is 1.77. The minimum absolute atomic E-state index is 0.138. The predicted octanol–water partition coefficient (Wildman–Crippen LogP) is 7.38. The van der Waals surface area contributed by atoms with Gasteiger partial charge in [-0.25, -0.2) is 4.79 Å². The van der Waals surface area contributed by atoms with Crippen molar-refractivity contribution in [3.8, 4) is 23.0 Å². The van der Waals surface area contributed by atoms with Crippen LogP contribution in [0.15, 0.2) is 91.0 Å². The highest BCUT2D eigenvalue weighted by molar-refractivity contribution is 5.96. The van der Waals surface area contributed by atoms with Gasteiger partial charge in [-0.1, -0.05) is 60.7 Å². The average Bonchev–Trinajstić information content (AvgIpc) is 3.54. The molecule has 9 nitrogen and oxygen atoms in total. The smallest absolute Gasteiger partial charge is 0.410 e. The Morgan fingerprint density at radius 2 is 1.47 bits per heavy atom. The summed E-state index contributed by atoms with van der Waals surface area (Å²) in [7, 11) is 1.97. The van der Waals surface area contributed by atoms with Crippen molar-refractivity contribution in [3.63, 3.8) is 0 Å². The van der Waals surface area contributed by atoms with E-state index in [-0.39, 0.29) is 18.2 Å². The number of rotatable bonds is 8. The number of piperazine rings is 1. The first kappa shape index (κ1) is 30.6. The number of amides is 1. The highest BCUT2D eigenvalue weighted by Crippen LogP contribution is 2.38. The van der Waals surface area contributed by atoms with Crippen molar-refractivity contribution in [1.82, 2.24) is 19.7 Å². The molecule has 3 aromatic carbocycles. The molecule has 5 aromatic rings. The molecule has 7 rings (SSSR count). The van der Waals surface area contributed by atoms with Gasteiger partial charge in [0.1, 0.15) is 24.5 Å². The Kier molecular flexibility index (Phi) is 8.22. The molecule has 2 fully saturated rings. The fraction of sp³-hybridized carbons (Fsp3) is 0.342. The zero-order valence-corrected chi connectivity index (χ0v) is 27.4. The van der Waals surface area contributed by atoms with Crippen LogP contribution in [0.4, 0.5) is 10.5 Å². The highest BCUT2D eigenvalue weighted by atomic mass is 16.6. The second-order valence-electron chi connectivity index (χ2n) is 13.4. The summed E-state index contributed by atoms with van der Waals surface area (Å²) < 4.78 is 20.1. The number of nitrogens with zero attached hydrogens (tertiary/aromatic N) is 5. The molecule has 2 saturated heterocycles. The van der Waals surface area contributed by atoms with Crippen molar-refractivity contribution in [2.75, 3.05) is 18.0 Å². The van der Waals surface area contributed by atoms with Crippen LogP contribution >= 0.6 is 0 Å². The van der Waals surface area contributed by atoms with E-state index >= 15 is 0 Å². The maximum Gasteiger partial charge on any atom is 0.410 e. The number of pyridine rings is 1. The third kappa shape index (κ3) is 6.61. The van der Waals surface area contributed by atoms with Gasteiger partial charge in [0.15, 0.2) is 0 Å². The lowest BCUT2D eigenvalue weighted by Crippen LogP contribution is -2.56. The minimum Gasteiger partial charge on any atom is -0.473 e. The normalized spacial score (nSPS) is 17.6. The van der Waals surface area contributed by atoms with E-state index in [0.29, 0.717) is 25.0 Å². The van der Waals surface area contributed by atoms with Gasteiger partial charge in [-0.05, 0) is 69.0 Å². The van der Waals surface area contributed by atoms with Gasteiger partial charge in [0.2, 0.25) is 11.8 Å². The van der Waals surface area contributed by atoms with Gasteiger partial charge >= 0.3 is 6.09 Å². The van der Waals surface area contributed by atoms with E-state index in [9.17, 15) is 4.79 Å². The zero-order chi connectivity index (χ0) is 32.5. The number of ether oxygens (including phenoxy) is 3. The topological polar surface area (TPSA) is 82.0 Å². The molecule has 0 spiro atoms. The van der Waals surface area contributed by atoms with Gasteiger partial charge in [0.05, 0.1) is 23.2 Å². The molecule has 0 aliphatic carbocycles. The number of carbonyl (C=O) groups excluding carboxylic acids is 1. The molecule has 2 atom stereocenters. The largest absolute Gasteiger partial charge is 0.473 e. The van der Waals surface area contributed by atoms with Gasteiger partial charge in [-0.3, -0.25) is 9.58 Å². The van der Waals surface area contributed by atoms with Crippen LogP contribution in [0.3, 0.4) is 0 Å². The third-order valence-electron chi connectivity index (χ3n) is 8.82. The summed E-state index contributed by atoms with van der Waals surface area (Å²) >= 11 is 0. The molecule has 2 aliphatic heterocycles. The molecule has 2 aromatic heterocycles. The lowest BCUT2D eigenvalue weighted by molar-refractivity contribution is 0.0123. The first-order chi connectivity index (χ1) is 22.7. The van der Waals surface area contributed by atoms with Crippen molar-refractivity contribution in [2.24, 2.45) is 7.05 Å². The highest BCUT2D eigenvalue weighted by Gasteiger charge is 2.44. The molecule has 0 N–H and O–H groups in total. The van der Waals surface area contributed by atoms with Gasteiger partial charge in [-0.2, -0.15) is 10.1 Å². The van der Waals surface area contributed by atoms with Crippen molar-refractivity contribution in [3.05, 3.63) is 102 Å². The molecule has 242 valence electrons. The van der Waals surface area contributed by atoms with Crippen LogP contribution in [0.2, 0.25) is 0 Å². The monoisotopic (exact) mass is 631 g/mol. The van der Waals surface area contributed by atoms with Gasteiger partial charge in [-0.15, -0.1) is 0 Å². The third-order valence-corrected chi connectivity index (χ3v) is 8.82. The van der Waals surface area contributed by atoms with Crippen molar-refractivity contribution in [1.29, 1.82) is 0 Å². The number of hydrogen-bond acceptors (Lipinski definition) is 7. The Balaban J connectivity index is 1.15. The molecule has 2 aliphatic rings. The van der Waals surface area contributed by atoms with Crippen LogP contribution in [0.1, 0.15) is 44.7 Å².